The second-order valence-electron chi connectivity index (χ2n) is 9.49. The van der Waals surface area contributed by atoms with E-state index in [1.165, 1.54) is 0 Å². The maximum absolute atomic E-state index is 13.0. The SMILES string of the molecule is CC(C)(C)OC(=O)N[C@@H](CCCCC/C=C\[C@@H]1C[C@@H]1C(=O)O)C(=O)N1CCC[C@H]1C=O. The van der Waals surface area contributed by atoms with Crippen LogP contribution in [0.5, 0.6) is 0 Å². The number of aliphatic carboxylic acids is 1. The van der Waals surface area contributed by atoms with Gasteiger partial charge in [-0.05, 0) is 65.2 Å². The molecule has 0 radical (unpaired) electrons. The van der Waals surface area contributed by atoms with Crippen molar-refractivity contribution in [1.82, 2.24) is 10.2 Å². The lowest BCUT2D eigenvalue weighted by Crippen LogP contribution is -2.51. The Morgan fingerprint density at radius 1 is 1.23 bits per heavy atom. The highest BCUT2D eigenvalue weighted by Gasteiger charge is 2.41. The van der Waals surface area contributed by atoms with E-state index in [2.05, 4.69) is 5.32 Å². The second kappa shape index (κ2) is 11.3. The molecule has 174 valence electrons. The molecule has 0 aromatic heterocycles. The average molecular weight is 437 g/mol. The Kier molecular flexibility index (Phi) is 9.07. The predicted octanol–water partition coefficient (Wildman–Crippen LogP) is 3.30. The number of hydrogen-bond acceptors (Lipinski definition) is 5. The molecule has 1 aliphatic carbocycles. The topological polar surface area (TPSA) is 113 Å². The number of nitrogens with one attached hydrogen (secondary N) is 1. The minimum Gasteiger partial charge on any atom is -0.481 e. The Hall–Kier alpha value is -2.38. The van der Waals surface area contributed by atoms with Gasteiger partial charge in [0, 0.05) is 6.54 Å². The van der Waals surface area contributed by atoms with Crippen molar-refractivity contribution in [3.05, 3.63) is 12.2 Å². The van der Waals surface area contributed by atoms with Crippen molar-refractivity contribution in [2.45, 2.75) is 89.8 Å². The number of carboxylic acids is 1. The summed E-state index contributed by atoms with van der Waals surface area (Å²) in [4.78, 5) is 48.9. The summed E-state index contributed by atoms with van der Waals surface area (Å²) in [6, 6.07) is -1.13. The van der Waals surface area contributed by atoms with E-state index >= 15 is 0 Å². The largest absolute Gasteiger partial charge is 0.481 e. The van der Waals surface area contributed by atoms with Crippen molar-refractivity contribution in [2.24, 2.45) is 11.8 Å². The van der Waals surface area contributed by atoms with Gasteiger partial charge < -0.3 is 24.9 Å². The number of alkyl carbamates (subject to hydrolysis) is 1. The molecule has 1 heterocycles. The third-order valence-electron chi connectivity index (χ3n) is 5.63. The highest BCUT2D eigenvalue weighted by molar-refractivity contribution is 5.88. The van der Waals surface area contributed by atoms with Crippen LogP contribution in [0.4, 0.5) is 4.79 Å². The average Bonchev–Trinajstić information content (AvgIpc) is 3.30. The maximum Gasteiger partial charge on any atom is 0.408 e. The summed E-state index contributed by atoms with van der Waals surface area (Å²) in [5, 5.41) is 11.6. The molecule has 4 atom stereocenters. The third-order valence-corrected chi connectivity index (χ3v) is 5.63. The van der Waals surface area contributed by atoms with Crippen molar-refractivity contribution in [1.29, 1.82) is 0 Å². The number of allylic oxidation sites excluding steroid dienone is 2. The number of amides is 2. The van der Waals surface area contributed by atoms with Gasteiger partial charge in [0.2, 0.25) is 5.91 Å². The molecule has 0 spiro atoms. The molecule has 0 bridgehead atoms. The summed E-state index contributed by atoms with van der Waals surface area (Å²) in [5.41, 5.74) is -0.663. The molecule has 1 aliphatic heterocycles. The van der Waals surface area contributed by atoms with Crippen molar-refractivity contribution in [3.63, 3.8) is 0 Å². The van der Waals surface area contributed by atoms with E-state index in [4.69, 9.17) is 9.84 Å². The van der Waals surface area contributed by atoms with E-state index in [9.17, 15) is 19.2 Å². The highest BCUT2D eigenvalue weighted by atomic mass is 16.6. The van der Waals surface area contributed by atoms with Crippen LogP contribution in [-0.4, -0.2) is 58.5 Å². The minimum atomic E-state index is -0.724. The van der Waals surface area contributed by atoms with Crippen LogP contribution >= 0.6 is 0 Å². The van der Waals surface area contributed by atoms with E-state index < -0.39 is 29.7 Å². The van der Waals surface area contributed by atoms with Crippen molar-refractivity contribution in [3.8, 4) is 0 Å². The molecule has 2 rings (SSSR count). The third kappa shape index (κ3) is 8.34. The first-order chi connectivity index (χ1) is 14.6. The molecule has 1 saturated carbocycles. The first-order valence-corrected chi connectivity index (χ1v) is 11.3. The van der Waals surface area contributed by atoms with Crippen molar-refractivity contribution < 1.29 is 29.0 Å². The van der Waals surface area contributed by atoms with Gasteiger partial charge in [0.1, 0.15) is 17.9 Å². The first-order valence-electron chi connectivity index (χ1n) is 11.3. The molecule has 2 N–H and O–H groups in total. The standard InChI is InChI=1S/C23H36N2O6/c1-23(2,3)31-22(30)24-19(20(27)25-13-9-11-17(25)15-26)12-8-6-4-5-7-10-16-14-18(16)21(28)29/h7,10,15-19H,4-6,8-9,11-14H2,1-3H3,(H,24,30)(H,28,29)/b10-7-/t16-,17+,18+,19+/m1/s1. The van der Waals surface area contributed by atoms with Gasteiger partial charge in [-0.1, -0.05) is 25.0 Å². The fourth-order valence-corrected chi connectivity index (χ4v) is 3.88. The van der Waals surface area contributed by atoms with E-state index in [1.54, 1.807) is 25.7 Å². The number of ether oxygens (including phenoxy) is 1. The Morgan fingerprint density at radius 3 is 2.58 bits per heavy atom. The van der Waals surface area contributed by atoms with Gasteiger partial charge in [0.25, 0.3) is 0 Å². The van der Waals surface area contributed by atoms with Crippen molar-refractivity contribution >= 4 is 24.3 Å². The molecule has 8 nitrogen and oxygen atoms in total. The molecule has 0 aromatic rings. The van der Waals surface area contributed by atoms with E-state index in [0.717, 1.165) is 44.8 Å². The number of rotatable bonds is 11. The molecular weight excluding hydrogens is 400 g/mol. The van der Waals surface area contributed by atoms with Crippen LogP contribution in [0.15, 0.2) is 12.2 Å². The smallest absolute Gasteiger partial charge is 0.408 e. The quantitative estimate of drug-likeness (QED) is 0.292. The second-order valence-corrected chi connectivity index (χ2v) is 9.49. The normalized spacial score (nSPS) is 24.1. The van der Waals surface area contributed by atoms with Crippen LogP contribution in [0.1, 0.15) is 72.1 Å². The van der Waals surface area contributed by atoms with Gasteiger partial charge in [-0.2, -0.15) is 0 Å². The fourth-order valence-electron chi connectivity index (χ4n) is 3.88. The summed E-state index contributed by atoms with van der Waals surface area (Å²) in [7, 11) is 0. The van der Waals surface area contributed by atoms with Crippen LogP contribution < -0.4 is 5.32 Å². The molecule has 0 unspecified atom stereocenters. The molecule has 2 amide bonds. The summed E-state index contributed by atoms with van der Waals surface area (Å²) < 4.78 is 5.31. The number of nitrogens with zero attached hydrogens (tertiary/aromatic N) is 1. The van der Waals surface area contributed by atoms with Crippen LogP contribution in [0.3, 0.4) is 0 Å². The van der Waals surface area contributed by atoms with Crippen molar-refractivity contribution in [2.75, 3.05) is 6.54 Å². The lowest BCUT2D eigenvalue weighted by Gasteiger charge is -2.28. The number of unbranched alkanes of at least 4 members (excludes halogenated alkanes) is 3. The fraction of sp³-hybridized carbons (Fsp3) is 0.739. The van der Waals surface area contributed by atoms with E-state index in [0.29, 0.717) is 19.4 Å². The molecule has 8 heteroatoms. The van der Waals surface area contributed by atoms with Crippen LogP contribution in [0, 0.1) is 11.8 Å². The summed E-state index contributed by atoms with van der Waals surface area (Å²) in [5.74, 6) is -1.00. The van der Waals surface area contributed by atoms with Gasteiger partial charge >= 0.3 is 12.1 Å². The number of hydrogen-bond donors (Lipinski definition) is 2. The van der Waals surface area contributed by atoms with Gasteiger partial charge in [0.05, 0.1) is 12.0 Å². The number of carbonyl (C=O) groups is 4. The number of likely N-dealkylation sites (tertiary alicyclic amines) is 1. The summed E-state index contributed by atoms with van der Waals surface area (Å²) in [6.45, 7) is 5.82. The van der Waals surface area contributed by atoms with Crippen LogP contribution in [0.2, 0.25) is 0 Å². The zero-order valence-electron chi connectivity index (χ0n) is 18.8. The lowest BCUT2D eigenvalue weighted by atomic mass is 10.1. The van der Waals surface area contributed by atoms with Crippen LogP contribution in [-0.2, 0) is 19.1 Å². The minimum absolute atomic E-state index is 0.170. The predicted molar refractivity (Wildman–Crippen MR) is 115 cm³/mol. The number of carboxylic acid groups (broad SMARTS) is 1. The monoisotopic (exact) mass is 436 g/mol. The van der Waals surface area contributed by atoms with Gasteiger partial charge in [-0.3, -0.25) is 9.59 Å². The van der Waals surface area contributed by atoms with E-state index in [1.807, 2.05) is 12.2 Å². The van der Waals surface area contributed by atoms with E-state index in [-0.39, 0.29) is 17.7 Å². The number of aldehydes is 1. The summed E-state index contributed by atoms with van der Waals surface area (Å²) >= 11 is 0. The number of carbonyl (C=O) groups excluding carboxylic acids is 3. The Balaban J connectivity index is 1.80. The molecule has 31 heavy (non-hydrogen) atoms. The molecule has 2 aliphatic rings. The molecule has 0 aromatic carbocycles. The Bertz CT molecular complexity index is 684. The Labute approximate surface area is 184 Å². The first kappa shape index (κ1) is 24.9. The zero-order valence-corrected chi connectivity index (χ0v) is 18.8. The lowest BCUT2D eigenvalue weighted by molar-refractivity contribution is -0.138. The molecule has 1 saturated heterocycles. The summed E-state index contributed by atoms with van der Waals surface area (Å²) in [6.07, 6.45) is 10.3. The zero-order chi connectivity index (χ0) is 23.0. The molecular formula is C23H36N2O6. The van der Waals surface area contributed by atoms with Crippen LogP contribution in [0.25, 0.3) is 0 Å². The highest BCUT2D eigenvalue weighted by Crippen LogP contribution is 2.39. The molecule has 2 fully saturated rings. The van der Waals surface area contributed by atoms with Gasteiger partial charge in [-0.15, -0.1) is 0 Å². The Morgan fingerprint density at radius 2 is 1.97 bits per heavy atom. The maximum atomic E-state index is 13.0. The van der Waals surface area contributed by atoms with Gasteiger partial charge in [-0.25, -0.2) is 4.79 Å². The van der Waals surface area contributed by atoms with Gasteiger partial charge in [0.15, 0.2) is 0 Å².